The van der Waals surface area contributed by atoms with Crippen molar-refractivity contribution in [1.82, 2.24) is 5.32 Å². The fourth-order valence-corrected chi connectivity index (χ4v) is 1.97. The fraction of sp³-hybridized carbons (Fsp3) is 0.889. The molecule has 78 valence electrons. The van der Waals surface area contributed by atoms with Gasteiger partial charge in [-0.15, -0.1) is 12.4 Å². The van der Waals surface area contributed by atoms with Gasteiger partial charge in [-0.3, -0.25) is 4.79 Å². The van der Waals surface area contributed by atoms with E-state index in [1.165, 1.54) is 0 Å². The van der Waals surface area contributed by atoms with Crippen LogP contribution in [0.1, 0.15) is 26.7 Å². The Morgan fingerprint density at radius 2 is 2.23 bits per heavy atom. The minimum Gasteiger partial charge on any atom is -0.481 e. The van der Waals surface area contributed by atoms with Gasteiger partial charge in [-0.25, -0.2) is 0 Å². The van der Waals surface area contributed by atoms with E-state index in [0.717, 1.165) is 19.4 Å². The molecule has 0 aromatic rings. The summed E-state index contributed by atoms with van der Waals surface area (Å²) in [5.74, 6) is -0.179. The van der Waals surface area contributed by atoms with Crippen molar-refractivity contribution < 1.29 is 9.90 Å². The van der Waals surface area contributed by atoms with E-state index in [0.29, 0.717) is 12.5 Å². The number of carboxylic acid groups (broad SMARTS) is 1. The summed E-state index contributed by atoms with van der Waals surface area (Å²) >= 11 is 0. The van der Waals surface area contributed by atoms with Crippen LogP contribution in [0.15, 0.2) is 0 Å². The van der Waals surface area contributed by atoms with Crippen molar-refractivity contribution in [2.24, 2.45) is 11.3 Å². The molecule has 0 saturated carbocycles. The number of aliphatic carboxylic acids is 1. The second-order valence-corrected chi connectivity index (χ2v) is 4.11. The SMILES string of the molecule is CC(C)CC1(C(=O)O)CCNC1.Cl. The average molecular weight is 208 g/mol. The maximum absolute atomic E-state index is 11.0. The van der Waals surface area contributed by atoms with Gasteiger partial charge in [0.1, 0.15) is 0 Å². The monoisotopic (exact) mass is 207 g/mol. The first-order valence-corrected chi connectivity index (χ1v) is 4.51. The number of hydrogen-bond donors (Lipinski definition) is 2. The molecule has 1 atom stereocenters. The lowest BCUT2D eigenvalue weighted by atomic mass is 9.79. The molecule has 1 aliphatic heterocycles. The molecular weight excluding hydrogens is 190 g/mol. The minimum atomic E-state index is -0.638. The van der Waals surface area contributed by atoms with Crippen molar-refractivity contribution in [2.75, 3.05) is 13.1 Å². The molecular formula is C9H18ClNO2. The van der Waals surface area contributed by atoms with Crippen LogP contribution < -0.4 is 5.32 Å². The quantitative estimate of drug-likeness (QED) is 0.738. The van der Waals surface area contributed by atoms with Gasteiger partial charge in [-0.1, -0.05) is 13.8 Å². The van der Waals surface area contributed by atoms with Crippen LogP contribution >= 0.6 is 12.4 Å². The number of hydrogen-bond acceptors (Lipinski definition) is 2. The van der Waals surface area contributed by atoms with Crippen LogP contribution in [0.2, 0.25) is 0 Å². The molecule has 1 aliphatic rings. The maximum Gasteiger partial charge on any atom is 0.310 e. The molecule has 0 aliphatic carbocycles. The number of nitrogens with one attached hydrogen (secondary N) is 1. The molecule has 1 fully saturated rings. The van der Waals surface area contributed by atoms with Crippen LogP contribution in [-0.4, -0.2) is 24.2 Å². The molecule has 0 bridgehead atoms. The smallest absolute Gasteiger partial charge is 0.310 e. The number of carboxylic acids is 1. The zero-order chi connectivity index (χ0) is 9.19. The highest BCUT2D eigenvalue weighted by Gasteiger charge is 2.41. The normalized spacial score (nSPS) is 27.3. The molecule has 2 N–H and O–H groups in total. The van der Waals surface area contributed by atoms with Crippen molar-refractivity contribution >= 4 is 18.4 Å². The first-order chi connectivity index (χ1) is 5.57. The van der Waals surface area contributed by atoms with Crippen molar-refractivity contribution in [1.29, 1.82) is 0 Å². The lowest BCUT2D eigenvalue weighted by Gasteiger charge is -2.24. The summed E-state index contributed by atoms with van der Waals surface area (Å²) in [5.41, 5.74) is -0.478. The van der Waals surface area contributed by atoms with Crippen molar-refractivity contribution in [3.8, 4) is 0 Å². The van der Waals surface area contributed by atoms with E-state index in [2.05, 4.69) is 19.2 Å². The van der Waals surface area contributed by atoms with E-state index in [9.17, 15) is 4.79 Å². The predicted octanol–water partition coefficient (Wildman–Crippen LogP) is 1.52. The molecule has 1 heterocycles. The van der Waals surface area contributed by atoms with E-state index in [-0.39, 0.29) is 12.4 Å². The van der Waals surface area contributed by atoms with Gasteiger partial charge >= 0.3 is 5.97 Å². The molecule has 1 unspecified atom stereocenters. The summed E-state index contributed by atoms with van der Waals surface area (Å²) in [6.45, 7) is 5.63. The summed E-state index contributed by atoms with van der Waals surface area (Å²) in [5, 5.41) is 12.2. The van der Waals surface area contributed by atoms with Crippen LogP contribution in [0.4, 0.5) is 0 Å². The Kier molecular flexibility index (Phi) is 4.71. The number of rotatable bonds is 3. The van der Waals surface area contributed by atoms with Gasteiger partial charge in [-0.05, 0) is 25.3 Å². The van der Waals surface area contributed by atoms with E-state index in [1.807, 2.05) is 0 Å². The van der Waals surface area contributed by atoms with E-state index >= 15 is 0 Å². The van der Waals surface area contributed by atoms with Crippen LogP contribution in [-0.2, 0) is 4.79 Å². The highest BCUT2D eigenvalue weighted by atomic mass is 35.5. The standard InChI is InChI=1S/C9H17NO2.ClH/c1-7(2)5-9(8(11)12)3-4-10-6-9;/h7,10H,3-6H2,1-2H3,(H,11,12);1H. The Morgan fingerprint density at radius 3 is 2.54 bits per heavy atom. The lowest BCUT2D eigenvalue weighted by molar-refractivity contribution is -0.148. The molecule has 0 spiro atoms. The van der Waals surface area contributed by atoms with Gasteiger partial charge in [0.05, 0.1) is 5.41 Å². The summed E-state index contributed by atoms with van der Waals surface area (Å²) < 4.78 is 0. The molecule has 13 heavy (non-hydrogen) atoms. The van der Waals surface area contributed by atoms with Crippen molar-refractivity contribution in [3.05, 3.63) is 0 Å². The van der Waals surface area contributed by atoms with Crippen LogP contribution in [0.3, 0.4) is 0 Å². The second-order valence-electron chi connectivity index (χ2n) is 4.11. The van der Waals surface area contributed by atoms with Gasteiger partial charge < -0.3 is 10.4 Å². The zero-order valence-electron chi connectivity index (χ0n) is 8.17. The third kappa shape index (κ3) is 2.85. The van der Waals surface area contributed by atoms with Gasteiger partial charge in [0.15, 0.2) is 0 Å². The van der Waals surface area contributed by atoms with E-state index in [4.69, 9.17) is 5.11 Å². The molecule has 0 amide bonds. The maximum atomic E-state index is 11.0. The number of carbonyl (C=O) groups is 1. The Balaban J connectivity index is 0.00000144. The van der Waals surface area contributed by atoms with Gasteiger partial charge in [0.25, 0.3) is 0 Å². The Bertz CT molecular complexity index is 176. The predicted molar refractivity (Wildman–Crippen MR) is 54.3 cm³/mol. The summed E-state index contributed by atoms with van der Waals surface area (Å²) in [7, 11) is 0. The van der Waals surface area contributed by atoms with Gasteiger partial charge in [-0.2, -0.15) is 0 Å². The van der Waals surface area contributed by atoms with Crippen molar-refractivity contribution in [2.45, 2.75) is 26.7 Å². The first-order valence-electron chi connectivity index (χ1n) is 4.51. The molecule has 1 rings (SSSR count). The molecule has 4 heteroatoms. The lowest BCUT2D eigenvalue weighted by Crippen LogP contribution is -2.34. The highest BCUT2D eigenvalue weighted by Crippen LogP contribution is 2.32. The third-order valence-corrected chi connectivity index (χ3v) is 2.50. The van der Waals surface area contributed by atoms with E-state index in [1.54, 1.807) is 0 Å². The van der Waals surface area contributed by atoms with Crippen molar-refractivity contribution in [3.63, 3.8) is 0 Å². The Hall–Kier alpha value is -0.280. The second kappa shape index (κ2) is 4.82. The molecule has 0 aromatic carbocycles. The van der Waals surface area contributed by atoms with Crippen LogP contribution in [0, 0.1) is 11.3 Å². The minimum absolute atomic E-state index is 0. The topological polar surface area (TPSA) is 49.3 Å². The highest BCUT2D eigenvalue weighted by molar-refractivity contribution is 5.85. The molecule has 0 aromatic heterocycles. The molecule has 3 nitrogen and oxygen atoms in total. The Morgan fingerprint density at radius 1 is 1.62 bits per heavy atom. The van der Waals surface area contributed by atoms with Gasteiger partial charge in [0.2, 0.25) is 0 Å². The molecule has 1 saturated heterocycles. The Labute approximate surface area is 85.3 Å². The van der Waals surface area contributed by atoms with E-state index < -0.39 is 11.4 Å². The average Bonchev–Trinajstić information content (AvgIpc) is 2.35. The van der Waals surface area contributed by atoms with Crippen LogP contribution in [0.5, 0.6) is 0 Å². The summed E-state index contributed by atoms with van der Waals surface area (Å²) in [4.78, 5) is 11.0. The van der Waals surface area contributed by atoms with Crippen LogP contribution in [0.25, 0.3) is 0 Å². The first kappa shape index (κ1) is 12.7. The summed E-state index contributed by atoms with van der Waals surface area (Å²) in [6.07, 6.45) is 1.57. The third-order valence-electron chi connectivity index (χ3n) is 2.50. The number of halogens is 1. The van der Waals surface area contributed by atoms with Gasteiger partial charge in [0, 0.05) is 6.54 Å². The zero-order valence-corrected chi connectivity index (χ0v) is 8.99. The fourth-order valence-electron chi connectivity index (χ4n) is 1.97. The molecule has 0 radical (unpaired) electrons. The largest absolute Gasteiger partial charge is 0.481 e. The summed E-state index contributed by atoms with van der Waals surface area (Å²) in [6, 6.07) is 0.